The number of benzene rings is 1. The summed E-state index contributed by atoms with van der Waals surface area (Å²) < 4.78 is 10.5. The van der Waals surface area contributed by atoms with Gasteiger partial charge in [-0.3, -0.25) is 0 Å². The van der Waals surface area contributed by atoms with Crippen molar-refractivity contribution in [3.8, 4) is 11.5 Å². The quantitative estimate of drug-likeness (QED) is 0.874. The van der Waals surface area contributed by atoms with Gasteiger partial charge in [-0.05, 0) is 23.8 Å². The number of hydrogen-bond donors (Lipinski definition) is 1. The summed E-state index contributed by atoms with van der Waals surface area (Å²) in [5.74, 6) is 5.01. The topological polar surface area (TPSA) is 30.5 Å². The molecule has 1 unspecified atom stereocenters. The summed E-state index contributed by atoms with van der Waals surface area (Å²) in [6, 6.07) is 5.89. The first kappa shape index (κ1) is 12.4. The second-order valence-electron chi connectivity index (χ2n) is 4.21. The highest BCUT2D eigenvalue weighted by Gasteiger charge is 2.15. The third-order valence-electron chi connectivity index (χ3n) is 2.97. The van der Waals surface area contributed by atoms with Crippen LogP contribution in [-0.4, -0.2) is 32.3 Å². The number of rotatable bonds is 5. The largest absolute Gasteiger partial charge is 0.497 e. The molecule has 0 radical (unpaired) electrons. The predicted octanol–water partition coefficient (Wildman–Crippen LogP) is 2.87. The molecule has 1 aliphatic heterocycles. The van der Waals surface area contributed by atoms with Crippen molar-refractivity contribution in [2.75, 3.05) is 37.6 Å². The summed E-state index contributed by atoms with van der Waals surface area (Å²) in [6.07, 6.45) is 1.32. The zero-order chi connectivity index (χ0) is 12.1. The van der Waals surface area contributed by atoms with Crippen LogP contribution in [0.1, 0.15) is 6.42 Å². The fraction of sp³-hybridized carbons (Fsp3) is 0.538. The Balaban J connectivity index is 1.98. The van der Waals surface area contributed by atoms with E-state index >= 15 is 0 Å². The van der Waals surface area contributed by atoms with Crippen molar-refractivity contribution < 1.29 is 9.47 Å². The molecule has 4 heteroatoms. The first-order chi connectivity index (χ1) is 8.31. The highest BCUT2D eigenvalue weighted by molar-refractivity contribution is 7.99. The zero-order valence-corrected chi connectivity index (χ0v) is 11.2. The smallest absolute Gasteiger partial charge is 0.124 e. The summed E-state index contributed by atoms with van der Waals surface area (Å²) in [7, 11) is 3.35. The number of hydrogen-bond acceptors (Lipinski definition) is 4. The minimum Gasteiger partial charge on any atom is -0.497 e. The predicted molar refractivity (Wildman–Crippen MR) is 73.5 cm³/mol. The van der Waals surface area contributed by atoms with E-state index < -0.39 is 0 Å². The Morgan fingerprint density at radius 2 is 1.94 bits per heavy atom. The first-order valence-corrected chi connectivity index (χ1v) is 7.02. The fourth-order valence-corrected chi connectivity index (χ4v) is 3.20. The van der Waals surface area contributed by atoms with Gasteiger partial charge in [0.05, 0.1) is 14.2 Å². The van der Waals surface area contributed by atoms with Crippen molar-refractivity contribution >= 4 is 17.4 Å². The van der Waals surface area contributed by atoms with Gasteiger partial charge < -0.3 is 14.8 Å². The van der Waals surface area contributed by atoms with Gasteiger partial charge in [-0.25, -0.2) is 0 Å². The lowest BCUT2D eigenvalue weighted by molar-refractivity contribution is 0.394. The van der Waals surface area contributed by atoms with Gasteiger partial charge in [0.15, 0.2) is 0 Å². The molecule has 0 saturated carbocycles. The summed E-state index contributed by atoms with van der Waals surface area (Å²) in [5.41, 5.74) is 1.07. The Morgan fingerprint density at radius 3 is 2.47 bits per heavy atom. The van der Waals surface area contributed by atoms with Gasteiger partial charge in [0.25, 0.3) is 0 Å². The van der Waals surface area contributed by atoms with Crippen LogP contribution in [-0.2, 0) is 0 Å². The van der Waals surface area contributed by atoms with Crippen LogP contribution in [0.5, 0.6) is 11.5 Å². The maximum Gasteiger partial charge on any atom is 0.124 e. The van der Waals surface area contributed by atoms with Crippen LogP contribution in [0.3, 0.4) is 0 Å². The number of methoxy groups -OCH3 is 2. The number of ether oxygens (including phenoxy) is 2. The molecular formula is C13H19NO2S. The second-order valence-corrected chi connectivity index (χ2v) is 5.36. The highest BCUT2D eigenvalue weighted by Crippen LogP contribution is 2.27. The second kappa shape index (κ2) is 6.05. The van der Waals surface area contributed by atoms with E-state index in [1.54, 1.807) is 14.2 Å². The molecule has 1 heterocycles. The molecule has 0 aliphatic carbocycles. The van der Waals surface area contributed by atoms with Crippen LogP contribution in [0, 0.1) is 5.92 Å². The number of thioether (sulfide) groups is 1. The van der Waals surface area contributed by atoms with Crippen LogP contribution >= 0.6 is 11.8 Å². The van der Waals surface area contributed by atoms with Gasteiger partial charge in [0, 0.05) is 30.4 Å². The Morgan fingerprint density at radius 1 is 1.24 bits per heavy atom. The Bertz CT molecular complexity index is 342. The van der Waals surface area contributed by atoms with Gasteiger partial charge in [0.1, 0.15) is 11.5 Å². The molecular weight excluding hydrogens is 234 g/mol. The molecule has 1 saturated heterocycles. The molecule has 1 atom stereocenters. The third kappa shape index (κ3) is 3.46. The standard InChI is InChI=1S/C13H19NO2S/c1-15-12-5-11(6-13(7-12)16-2)14-8-10-3-4-17-9-10/h5-7,10,14H,3-4,8-9H2,1-2H3. The van der Waals surface area contributed by atoms with Crippen molar-refractivity contribution in [1.82, 2.24) is 0 Å². The molecule has 0 amide bonds. The van der Waals surface area contributed by atoms with E-state index in [4.69, 9.17) is 9.47 Å². The van der Waals surface area contributed by atoms with Crippen molar-refractivity contribution in [3.05, 3.63) is 18.2 Å². The van der Waals surface area contributed by atoms with Crippen LogP contribution in [0.4, 0.5) is 5.69 Å². The lowest BCUT2D eigenvalue weighted by Crippen LogP contribution is -2.13. The normalized spacial score (nSPS) is 19.1. The maximum atomic E-state index is 5.25. The van der Waals surface area contributed by atoms with Gasteiger partial charge in [0.2, 0.25) is 0 Å². The zero-order valence-electron chi connectivity index (χ0n) is 10.4. The molecule has 0 spiro atoms. The van der Waals surface area contributed by atoms with E-state index in [0.29, 0.717) is 0 Å². The average molecular weight is 253 g/mol. The average Bonchev–Trinajstić information content (AvgIpc) is 2.89. The third-order valence-corrected chi connectivity index (χ3v) is 4.20. The van der Waals surface area contributed by atoms with E-state index in [1.807, 2.05) is 30.0 Å². The Kier molecular flexibility index (Phi) is 4.42. The fourth-order valence-electron chi connectivity index (χ4n) is 1.92. The summed E-state index contributed by atoms with van der Waals surface area (Å²) in [5, 5.41) is 3.46. The van der Waals surface area contributed by atoms with Crippen LogP contribution < -0.4 is 14.8 Å². The molecule has 2 rings (SSSR count). The molecule has 1 aliphatic rings. The van der Waals surface area contributed by atoms with E-state index in [1.165, 1.54) is 17.9 Å². The lowest BCUT2D eigenvalue weighted by Gasteiger charge is -2.13. The Hall–Kier alpha value is -1.03. The summed E-state index contributed by atoms with van der Waals surface area (Å²) >= 11 is 2.04. The van der Waals surface area contributed by atoms with E-state index in [-0.39, 0.29) is 0 Å². The van der Waals surface area contributed by atoms with E-state index in [2.05, 4.69) is 5.32 Å². The molecule has 1 N–H and O–H groups in total. The molecule has 1 aromatic rings. The van der Waals surface area contributed by atoms with Crippen molar-refractivity contribution in [3.63, 3.8) is 0 Å². The van der Waals surface area contributed by atoms with Gasteiger partial charge in [-0.2, -0.15) is 11.8 Å². The molecule has 1 aromatic carbocycles. The Labute approximate surface area is 107 Å². The monoisotopic (exact) mass is 253 g/mol. The van der Waals surface area contributed by atoms with Crippen molar-refractivity contribution in [2.24, 2.45) is 5.92 Å². The molecule has 0 bridgehead atoms. The minimum absolute atomic E-state index is 0.789. The first-order valence-electron chi connectivity index (χ1n) is 5.86. The molecule has 3 nitrogen and oxygen atoms in total. The molecule has 0 aromatic heterocycles. The van der Waals surface area contributed by atoms with Gasteiger partial charge in [-0.1, -0.05) is 0 Å². The van der Waals surface area contributed by atoms with E-state index in [9.17, 15) is 0 Å². The number of anilines is 1. The van der Waals surface area contributed by atoms with Crippen LogP contribution in [0.25, 0.3) is 0 Å². The van der Waals surface area contributed by atoms with Gasteiger partial charge >= 0.3 is 0 Å². The summed E-state index contributed by atoms with van der Waals surface area (Å²) in [4.78, 5) is 0. The lowest BCUT2D eigenvalue weighted by atomic mass is 10.1. The SMILES string of the molecule is COc1cc(NCC2CCSC2)cc(OC)c1. The van der Waals surface area contributed by atoms with Crippen molar-refractivity contribution in [1.29, 1.82) is 0 Å². The molecule has 17 heavy (non-hydrogen) atoms. The molecule has 1 fully saturated rings. The summed E-state index contributed by atoms with van der Waals surface area (Å²) in [6.45, 7) is 1.03. The highest BCUT2D eigenvalue weighted by atomic mass is 32.2. The van der Waals surface area contributed by atoms with E-state index in [0.717, 1.165) is 29.6 Å². The molecule has 94 valence electrons. The maximum absolute atomic E-state index is 5.25. The van der Waals surface area contributed by atoms with Crippen LogP contribution in [0.15, 0.2) is 18.2 Å². The number of nitrogens with one attached hydrogen (secondary N) is 1. The van der Waals surface area contributed by atoms with Gasteiger partial charge in [-0.15, -0.1) is 0 Å². The minimum atomic E-state index is 0.789. The van der Waals surface area contributed by atoms with Crippen molar-refractivity contribution in [2.45, 2.75) is 6.42 Å². The van der Waals surface area contributed by atoms with Crippen LogP contribution in [0.2, 0.25) is 0 Å².